The molecule has 2 heterocycles. The van der Waals surface area contributed by atoms with E-state index in [9.17, 15) is 24.3 Å². The highest BCUT2D eigenvalue weighted by molar-refractivity contribution is 6.52. The molecule has 0 saturated heterocycles. The second-order valence-corrected chi connectivity index (χ2v) is 21.2. The lowest BCUT2D eigenvalue weighted by Crippen LogP contribution is -2.56. The highest BCUT2D eigenvalue weighted by Gasteiger charge is 2.44. The van der Waals surface area contributed by atoms with Crippen molar-refractivity contribution in [2.24, 2.45) is 28.7 Å². The second kappa shape index (κ2) is 26.1. The van der Waals surface area contributed by atoms with E-state index in [1.807, 2.05) is 76.2 Å². The molecule has 4 unspecified atom stereocenters. The van der Waals surface area contributed by atoms with E-state index in [4.69, 9.17) is 23.9 Å². The van der Waals surface area contributed by atoms with Gasteiger partial charge in [-0.05, 0) is 74.3 Å². The first-order valence-corrected chi connectivity index (χ1v) is 28.5. The summed E-state index contributed by atoms with van der Waals surface area (Å²) in [6.45, 7) is 15.2. The van der Waals surface area contributed by atoms with Gasteiger partial charge in [-0.2, -0.15) is 0 Å². The Bertz CT molecular complexity index is 2860. The molecule has 0 aromatic heterocycles. The number of aliphatic hydroxyl groups is 1. The number of hydrogen-bond acceptors (Lipinski definition) is 14. The van der Waals surface area contributed by atoms with Gasteiger partial charge in [0.25, 0.3) is 0 Å². The van der Waals surface area contributed by atoms with Gasteiger partial charge in [0.1, 0.15) is 32.2 Å². The first-order chi connectivity index (χ1) is 36.7. The summed E-state index contributed by atoms with van der Waals surface area (Å²) in [6.07, 6.45) is 12.4. The maximum atomic E-state index is 15.1. The van der Waals surface area contributed by atoms with Crippen molar-refractivity contribution in [2.45, 2.75) is 169 Å². The molecule has 2 aliphatic heterocycles. The van der Waals surface area contributed by atoms with Crippen LogP contribution in [0.25, 0.3) is 32.7 Å². The number of unbranched alkanes of at least 4 members (excludes halogenated alkanes) is 4. The number of carbonyl (C=O) groups is 5. The van der Waals surface area contributed by atoms with Crippen molar-refractivity contribution in [3.05, 3.63) is 82.6 Å². The van der Waals surface area contributed by atoms with Crippen molar-refractivity contribution >= 4 is 79.4 Å². The van der Waals surface area contributed by atoms with Gasteiger partial charge < -0.3 is 40.0 Å². The molecule has 7 rings (SSSR count). The zero-order chi connectivity index (χ0) is 54.6. The number of hydrogen-bond donors (Lipinski definition) is 4. The molecule has 410 valence electrons. The van der Waals surface area contributed by atoms with E-state index in [1.54, 1.807) is 12.1 Å². The molecule has 0 saturated carbocycles. The predicted molar refractivity (Wildman–Crippen MR) is 300 cm³/mol. The van der Waals surface area contributed by atoms with Gasteiger partial charge in [-0.1, -0.05) is 155 Å². The largest absolute Gasteiger partial charge is 0.506 e. The van der Waals surface area contributed by atoms with Gasteiger partial charge in [-0.25, -0.2) is 4.99 Å². The molecular weight excluding hydrogens is 961 g/mol. The topological polar surface area (TPSA) is 191 Å². The fourth-order valence-corrected chi connectivity index (χ4v) is 10.9. The lowest BCUT2D eigenvalue weighted by atomic mass is 9.80. The first-order valence-electron chi connectivity index (χ1n) is 28.5. The first kappa shape index (κ1) is 57.3. The Labute approximate surface area is 448 Å². The smallest absolute Gasteiger partial charge is 0.309 e. The molecule has 0 fully saturated rings. The summed E-state index contributed by atoms with van der Waals surface area (Å²) in [6, 6.07) is 18.8. The van der Waals surface area contributed by atoms with E-state index < -0.39 is 17.1 Å². The van der Waals surface area contributed by atoms with Crippen molar-refractivity contribution in [3.8, 4) is 0 Å². The number of benzene rings is 4. The molecule has 4 aromatic carbocycles. The highest BCUT2D eigenvalue weighted by Crippen LogP contribution is 2.47. The van der Waals surface area contributed by atoms with Gasteiger partial charge in [0.05, 0.1) is 45.9 Å². The summed E-state index contributed by atoms with van der Waals surface area (Å²) in [5, 5.41) is 26.9. The molecule has 4 N–H and O–H groups in total. The molecule has 0 radical (unpaired) electrons. The van der Waals surface area contributed by atoms with Crippen LogP contribution in [0.5, 0.6) is 0 Å². The molecule has 0 amide bonds. The predicted octanol–water partition coefficient (Wildman–Crippen LogP) is 12.0. The van der Waals surface area contributed by atoms with Crippen LogP contribution in [0.2, 0.25) is 0 Å². The third-order valence-corrected chi connectivity index (χ3v) is 15.7. The Morgan fingerprint density at radius 3 is 1.41 bits per heavy atom. The zero-order valence-electron chi connectivity index (χ0n) is 46.3. The lowest BCUT2D eigenvalue weighted by Gasteiger charge is -2.41. The zero-order valence-corrected chi connectivity index (χ0v) is 46.3. The summed E-state index contributed by atoms with van der Waals surface area (Å²) in [4.78, 5) is 75.4. The number of rotatable bonds is 29. The second-order valence-electron chi connectivity index (χ2n) is 21.2. The number of ketones is 1. The molecule has 14 nitrogen and oxygen atoms in total. The standard InChI is InChI=1S/C62H82N4O10/c1-9-17-23-39(13-5)57(69)73-35-61(36-74-58(70)40(14-6)24-18-10-2)63-47-29-21-27-43-31-33-45(53(65-61)49(43)47)51-55(67)52(56(51)68)46-34-32-44-28-22-30-48-50(44)54(46)66-62(64-48,37-75-59(71)41(15-7)25-19-11-3)38-76-60(72)42(16-8)26-20-12-4/h21-22,27-34,39-42,63-65,67H,9-20,23-26,35-38H2,1-8H3. The van der Waals surface area contributed by atoms with Crippen molar-refractivity contribution in [2.75, 3.05) is 42.4 Å². The quantitative estimate of drug-likeness (QED) is 0.0297. The minimum absolute atomic E-state index is 0.0467. The molecule has 3 aliphatic rings. The van der Waals surface area contributed by atoms with Crippen molar-refractivity contribution in [1.29, 1.82) is 0 Å². The molecular formula is C62H82N4O10. The van der Waals surface area contributed by atoms with Crippen molar-refractivity contribution in [1.82, 2.24) is 0 Å². The molecule has 0 spiro atoms. The third-order valence-electron chi connectivity index (χ3n) is 15.7. The monoisotopic (exact) mass is 1040 g/mol. The SMILES string of the molecule is CCCCC(CC)C(=O)OCC1(COC(=O)C(CC)CCCC)N=c2c(=C3C(=O)C(c4ccc5cccc6c5c4NC(COC(=O)C(CC)CCCC)(COC(=O)C(CC)CCCC)N6)=C3O)ccc3cccc(c23)N1. The minimum atomic E-state index is -1.49. The number of nitrogens with zero attached hydrogens (tertiary/aromatic N) is 1. The molecule has 4 aromatic rings. The fraction of sp³-hybridized carbons (Fsp3) is 0.548. The van der Waals surface area contributed by atoms with Gasteiger partial charge in [-0.15, -0.1) is 0 Å². The minimum Gasteiger partial charge on any atom is -0.506 e. The molecule has 14 heteroatoms. The summed E-state index contributed by atoms with van der Waals surface area (Å²) < 4.78 is 24.5. The van der Waals surface area contributed by atoms with Crippen molar-refractivity contribution in [3.63, 3.8) is 0 Å². The van der Waals surface area contributed by atoms with Gasteiger partial charge >= 0.3 is 23.9 Å². The van der Waals surface area contributed by atoms with Crippen LogP contribution < -0.4 is 26.5 Å². The average Bonchev–Trinajstić information content (AvgIpc) is 3.46. The van der Waals surface area contributed by atoms with Crippen LogP contribution >= 0.6 is 0 Å². The van der Waals surface area contributed by atoms with E-state index >= 15 is 4.79 Å². The van der Waals surface area contributed by atoms with Crippen LogP contribution in [-0.4, -0.2) is 72.5 Å². The number of carbonyl (C=O) groups excluding carboxylic acids is 5. The van der Waals surface area contributed by atoms with Crippen LogP contribution in [0.15, 0.2) is 71.4 Å². The molecule has 4 atom stereocenters. The number of esters is 4. The third kappa shape index (κ3) is 12.4. The van der Waals surface area contributed by atoms with E-state index in [0.29, 0.717) is 90.0 Å². The van der Waals surface area contributed by atoms with E-state index in [-0.39, 0.29) is 90.9 Å². The van der Waals surface area contributed by atoms with Gasteiger partial charge in [0.15, 0.2) is 11.3 Å². The summed E-state index contributed by atoms with van der Waals surface area (Å²) in [5.41, 5.74) is -0.550. The highest BCUT2D eigenvalue weighted by atomic mass is 16.6. The van der Waals surface area contributed by atoms with Gasteiger partial charge in [0.2, 0.25) is 5.78 Å². The summed E-state index contributed by atoms with van der Waals surface area (Å²) in [5.74, 6) is -3.35. The number of Topliss-reactive ketones (excluding diaryl/α,β-unsaturated/α-hetero) is 1. The van der Waals surface area contributed by atoms with E-state index in [1.165, 1.54) is 0 Å². The maximum absolute atomic E-state index is 15.1. The number of nitrogens with one attached hydrogen (secondary N) is 3. The van der Waals surface area contributed by atoms with Crippen LogP contribution in [0.4, 0.5) is 17.1 Å². The number of anilines is 3. The molecule has 0 bridgehead atoms. The Balaban J connectivity index is 1.35. The Morgan fingerprint density at radius 2 is 0.961 bits per heavy atom. The Kier molecular flexibility index (Phi) is 19.6. The normalized spacial score (nSPS) is 19.8. The number of ether oxygens (including phenoxy) is 4. The average molecular weight is 1040 g/mol. The fourth-order valence-electron chi connectivity index (χ4n) is 10.9. The summed E-state index contributed by atoms with van der Waals surface area (Å²) >= 11 is 0. The van der Waals surface area contributed by atoms with E-state index in [2.05, 4.69) is 43.6 Å². The van der Waals surface area contributed by atoms with Gasteiger partial charge in [0, 0.05) is 32.9 Å². The van der Waals surface area contributed by atoms with Crippen LogP contribution in [0, 0.1) is 23.7 Å². The van der Waals surface area contributed by atoms with Gasteiger partial charge in [-0.3, -0.25) is 24.0 Å². The molecule has 76 heavy (non-hydrogen) atoms. The van der Waals surface area contributed by atoms with E-state index in [0.717, 1.165) is 67.5 Å². The van der Waals surface area contributed by atoms with Crippen LogP contribution in [0.1, 0.15) is 164 Å². The Morgan fingerprint density at radius 1 is 0.526 bits per heavy atom. The Hall–Kier alpha value is -6.44. The lowest BCUT2D eigenvalue weighted by molar-refractivity contribution is -0.156. The maximum Gasteiger partial charge on any atom is 0.309 e. The number of aliphatic hydroxyl groups excluding tert-OH is 1. The van der Waals surface area contributed by atoms with Crippen LogP contribution in [-0.2, 0) is 42.9 Å². The summed E-state index contributed by atoms with van der Waals surface area (Å²) in [7, 11) is 0. The van der Waals surface area contributed by atoms with Crippen molar-refractivity contribution < 1.29 is 48.0 Å². The van der Waals surface area contributed by atoms with Crippen LogP contribution in [0.3, 0.4) is 0 Å². The molecule has 1 aliphatic carbocycles. The number of allylic oxidation sites excluding steroid dienone is 2.